The second-order valence-corrected chi connectivity index (χ2v) is 6.62. The van der Waals surface area contributed by atoms with Crippen molar-refractivity contribution in [2.24, 2.45) is 5.92 Å². The van der Waals surface area contributed by atoms with E-state index in [2.05, 4.69) is 13.2 Å². The van der Waals surface area contributed by atoms with Gasteiger partial charge in [0.25, 0.3) is 0 Å². The van der Waals surface area contributed by atoms with E-state index in [4.69, 9.17) is 9.47 Å². The van der Waals surface area contributed by atoms with Gasteiger partial charge in [-0.15, -0.1) is 0 Å². The first-order valence-electron chi connectivity index (χ1n) is 8.15. The van der Waals surface area contributed by atoms with Crippen LogP contribution in [0.5, 0.6) is 0 Å². The number of esters is 2. The van der Waals surface area contributed by atoms with Gasteiger partial charge in [0.05, 0.1) is 18.6 Å². The van der Waals surface area contributed by atoms with Gasteiger partial charge in [-0.1, -0.05) is 24.8 Å². The third-order valence-electron chi connectivity index (χ3n) is 4.34. The SMILES string of the molecule is C=C(C)C(=O)O[C@@H]1CC(CO)=C[C@H](O)CC(C)=C[C@H]2OC(=O)C(=C)[C@@H]21. The lowest BCUT2D eigenvalue weighted by molar-refractivity contribution is -0.147. The Labute approximate surface area is 147 Å². The lowest BCUT2D eigenvalue weighted by Gasteiger charge is -2.28. The van der Waals surface area contributed by atoms with Gasteiger partial charge in [0.15, 0.2) is 0 Å². The molecule has 0 unspecified atom stereocenters. The number of ether oxygens (including phenoxy) is 2. The summed E-state index contributed by atoms with van der Waals surface area (Å²) in [5.74, 6) is -1.69. The fourth-order valence-corrected chi connectivity index (χ4v) is 3.11. The number of fused-ring (bicyclic) bond motifs is 1. The second kappa shape index (κ2) is 7.80. The van der Waals surface area contributed by atoms with Crippen molar-refractivity contribution in [1.29, 1.82) is 0 Å². The zero-order chi connectivity index (χ0) is 18.7. The molecule has 4 atom stereocenters. The minimum atomic E-state index is -0.784. The Morgan fingerprint density at radius 2 is 2.08 bits per heavy atom. The van der Waals surface area contributed by atoms with Gasteiger partial charge < -0.3 is 19.7 Å². The van der Waals surface area contributed by atoms with Crippen LogP contribution in [0.15, 0.2) is 47.6 Å². The number of carbonyl (C=O) groups is 2. The zero-order valence-corrected chi connectivity index (χ0v) is 14.5. The second-order valence-electron chi connectivity index (χ2n) is 6.62. The van der Waals surface area contributed by atoms with Crippen LogP contribution in [0.4, 0.5) is 0 Å². The maximum absolute atomic E-state index is 12.0. The molecule has 6 nitrogen and oxygen atoms in total. The van der Waals surface area contributed by atoms with Crippen LogP contribution >= 0.6 is 0 Å². The Morgan fingerprint density at radius 1 is 1.40 bits per heavy atom. The summed E-state index contributed by atoms with van der Waals surface area (Å²) in [6.45, 7) is 10.4. The summed E-state index contributed by atoms with van der Waals surface area (Å²) in [7, 11) is 0. The van der Waals surface area contributed by atoms with Gasteiger partial charge >= 0.3 is 11.9 Å². The third-order valence-corrected chi connectivity index (χ3v) is 4.34. The van der Waals surface area contributed by atoms with Crippen molar-refractivity contribution in [3.05, 3.63) is 47.6 Å². The van der Waals surface area contributed by atoms with Crippen molar-refractivity contribution in [3.63, 3.8) is 0 Å². The normalized spacial score (nSPS) is 29.9. The number of carbonyl (C=O) groups excluding carboxylic acids is 2. The van der Waals surface area contributed by atoms with Crippen molar-refractivity contribution in [2.75, 3.05) is 6.61 Å². The molecule has 0 saturated carbocycles. The number of hydrogen-bond acceptors (Lipinski definition) is 6. The molecule has 0 aromatic rings. The smallest absolute Gasteiger partial charge is 0.334 e. The third kappa shape index (κ3) is 4.46. The van der Waals surface area contributed by atoms with Crippen LogP contribution in [-0.4, -0.2) is 47.1 Å². The average molecular weight is 348 g/mol. The van der Waals surface area contributed by atoms with Crippen LogP contribution in [0.1, 0.15) is 26.7 Å². The predicted molar refractivity (Wildman–Crippen MR) is 91.4 cm³/mol. The number of aliphatic hydroxyl groups excluding tert-OH is 2. The van der Waals surface area contributed by atoms with Crippen LogP contribution < -0.4 is 0 Å². The van der Waals surface area contributed by atoms with E-state index in [1.54, 1.807) is 12.2 Å². The molecule has 6 heteroatoms. The first kappa shape index (κ1) is 19.1. The molecule has 2 N–H and O–H groups in total. The van der Waals surface area contributed by atoms with Crippen molar-refractivity contribution in [1.82, 2.24) is 0 Å². The lowest BCUT2D eigenvalue weighted by atomic mass is 9.85. The summed E-state index contributed by atoms with van der Waals surface area (Å²) in [5, 5.41) is 19.7. The summed E-state index contributed by atoms with van der Waals surface area (Å²) < 4.78 is 10.9. The van der Waals surface area contributed by atoms with Crippen LogP contribution in [0.3, 0.4) is 0 Å². The molecule has 0 radical (unpaired) electrons. The molecule has 2 aliphatic rings. The Kier molecular flexibility index (Phi) is 5.98. The zero-order valence-electron chi connectivity index (χ0n) is 14.5. The highest BCUT2D eigenvalue weighted by Gasteiger charge is 2.44. The molecule has 2 rings (SSSR count). The minimum absolute atomic E-state index is 0.163. The Hall–Kier alpha value is -2.18. The summed E-state index contributed by atoms with van der Waals surface area (Å²) in [6, 6.07) is 0. The highest BCUT2D eigenvalue weighted by Crippen LogP contribution is 2.36. The van der Waals surface area contributed by atoms with E-state index in [1.807, 2.05) is 6.92 Å². The highest BCUT2D eigenvalue weighted by molar-refractivity contribution is 5.91. The maximum Gasteiger partial charge on any atom is 0.334 e. The molecule has 1 aliphatic heterocycles. The molecular weight excluding hydrogens is 324 g/mol. The van der Waals surface area contributed by atoms with E-state index in [9.17, 15) is 19.8 Å². The van der Waals surface area contributed by atoms with Gasteiger partial charge in [0, 0.05) is 17.6 Å². The maximum atomic E-state index is 12.0. The fourth-order valence-electron chi connectivity index (χ4n) is 3.11. The van der Waals surface area contributed by atoms with Crippen LogP contribution in [0.25, 0.3) is 0 Å². The van der Waals surface area contributed by atoms with Crippen molar-refractivity contribution in [2.45, 2.75) is 45.0 Å². The molecule has 0 bridgehead atoms. The number of rotatable bonds is 3. The molecule has 0 aromatic carbocycles. The van der Waals surface area contributed by atoms with Crippen molar-refractivity contribution < 1.29 is 29.3 Å². The number of aliphatic hydroxyl groups is 2. The van der Waals surface area contributed by atoms with Gasteiger partial charge in [-0.2, -0.15) is 0 Å². The lowest BCUT2D eigenvalue weighted by Crippen LogP contribution is -2.34. The van der Waals surface area contributed by atoms with Crippen molar-refractivity contribution >= 4 is 11.9 Å². The van der Waals surface area contributed by atoms with Crippen LogP contribution in [0.2, 0.25) is 0 Å². The van der Waals surface area contributed by atoms with E-state index in [-0.39, 0.29) is 24.2 Å². The first-order chi connectivity index (χ1) is 11.7. The molecule has 0 amide bonds. The van der Waals surface area contributed by atoms with E-state index >= 15 is 0 Å². The van der Waals surface area contributed by atoms with Gasteiger partial charge in [-0.25, -0.2) is 9.59 Å². The summed E-state index contributed by atoms with van der Waals surface area (Å²) in [4.78, 5) is 24.0. The first-order valence-corrected chi connectivity index (χ1v) is 8.15. The van der Waals surface area contributed by atoms with Gasteiger partial charge in [-0.3, -0.25) is 0 Å². The Morgan fingerprint density at radius 3 is 2.68 bits per heavy atom. The van der Waals surface area contributed by atoms with Gasteiger partial charge in [0.1, 0.15) is 12.2 Å². The monoisotopic (exact) mass is 348 g/mol. The minimum Gasteiger partial charge on any atom is -0.458 e. The van der Waals surface area contributed by atoms with E-state index < -0.39 is 36.2 Å². The molecule has 1 saturated heterocycles. The summed E-state index contributed by atoms with van der Waals surface area (Å²) in [6.07, 6.45) is 1.65. The molecule has 0 spiro atoms. The molecule has 0 aromatic heterocycles. The molecule has 1 fully saturated rings. The quantitative estimate of drug-likeness (QED) is 0.457. The molecule has 1 heterocycles. The van der Waals surface area contributed by atoms with Gasteiger partial charge in [-0.05, 0) is 31.9 Å². The van der Waals surface area contributed by atoms with E-state index in [0.29, 0.717) is 12.0 Å². The fraction of sp³-hybridized carbons (Fsp3) is 0.474. The summed E-state index contributed by atoms with van der Waals surface area (Å²) in [5.41, 5.74) is 1.80. The Bertz CT molecular complexity index is 657. The molecular formula is C19H24O6. The van der Waals surface area contributed by atoms with Crippen LogP contribution in [0, 0.1) is 5.92 Å². The summed E-state index contributed by atoms with van der Waals surface area (Å²) >= 11 is 0. The Balaban J connectivity index is 2.45. The average Bonchev–Trinajstić information content (AvgIpc) is 2.79. The predicted octanol–water partition coefficient (Wildman–Crippen LogP) is 1.59. The molecule has 1 aliphatic carbocycles. The topological polar surface area (TPSA) is 93.1 Å². The standard InChI is InChI=1S/C19H24O6/c1-10(2)18(22)24-16-8-13(9-20)7-14(21)5-11(3)6-15-17(16)12(4)19(23)25-15/h6-7,14-17,20-21H,1,4-5,8-9H2,2-3H3/t14-,15-,16-,17+/m1/s1. The molecule has 136 valence electrons. The largest absolute Gasteiger partial charge is 0.458 e. The van der Waals surface area contributed by atoms with Crippen LogP contribution in [-0.2, 0) is 19.1 Å². The van der Waals surface area contributed by atoms with Gasteiger partial charge in [0.2, 0.25) is 0 Å². The highest BCUT2D eigenvalue weighted by atomic mass is 16.6. The van der Waals surface area contributed by atoms with E-state index in [1.165, 1.54) is 6.92 Å². The van der Waals surface area contributed by atoms with E-state index in [0.717, 1.165) is 5.57 Å². The molecule has 25 heavy (non-hydrogen) atoms. The van der Waals surface area contributed by atoms with Crippen molar-refractivity contribution in [3.8, 4) is 0 Å². The number of hydrogen-bond donors (Lipinski definition) is 2.